The third-order valence-electron chi connectivity index (χ3n) is 4.05. The van der Waals surface area contributed by atoms with Crippen molar-refractivity contribution < 1.29 is 14.3 Å². The van der Waals surface area contributed by atoms with E-state index in [0.29, 0.717) is 11.5 Å². The first-order valence-corrected chi connectivity index (χ1v) is 8.16. The van der Waals surface area contributed by atoms with E-state index in [1.807, 2.05) is 60.7 Å². The summed E-state index contributed by atoms with van der Waals surface area (Å²) in [6, 6.07) is 23.5. The summed E-state index contributed by atoms with van der Waals surface area (Å²) in [5.41, 5.74) is 5.28. The molecule has 4 rings (SSSR count). The van der Waals surface area contributed by atoms with Gasteiger partial charge in [-0.25, -0.2) is 9.78 Å². The number of hydrogen-bond acceptors (Lipinski definition) is 3. The minimum absolute atomic E-state index is 0.510. The maximum atomic E-state index is 10.7. The second kappa shape index (κ2) is 6.69. The highest BCUT2D eigenvalue weighted by molar-refractivity contribution is 5.86. The lowest BCUT2D eigenvalue weighted by Crippen LogP contribution is -1.86. The van der Waals surface area contributed by atoms with E-state index in [1.54, 1.807) is 6.08 Å². The highest BCUT2D eigenvalue weighted by atomic mass is 16.4. The Morgan fingerprint density at radius 2 is 1.69 bits per heavy atom. The van der Waals surface area contributed by atoms with Crippen LogP contribution in [0.3, 0.4) is 0 Å². The molecule has 0 atom stereocenters. The summed E-state index contributed by atoms with van der Waals surface area (Å²) in [5, 5.41) is 8.76. The highest BCUT2D eigenvalue weighted by Crippen LogP contribution is 2.28. The molecule has 0 bridgehead atoms. The lowest BCUT2D eigenvalue weighted by atomic mass is 10.1. The van der Waals surface area contributed by atoms with Gasteiger partial charge in [-0.3, -0.25) is 0 Å². The minimum atomic E-state index is -0.981. The van der Waals surface area contributed by atoms with Gasteiger partial charge in [0.1, 0.15) is 5.52 Å². The van der Waals surface area contributed by atoms with Gasteiger partial charge in [-0.1, -0.05) is 48.5 Å². The normalized spacial score (nSPS) is 11.2. The molecule has 0 saturated carbocycles. The van der Waals surface area contributed by atoms with Crippen LogP contribution in [-0.2, 0) is 4.79 Å². The molecule has 3 aromatic carbocycles. The summed E-state index contributed by atoms with van der Waals surface area (Å²) in [6.45, 7) is 0. The Hall–Kier alpha value is -3.66. The van der Waals surface area contributed by atoms with E-state index >= 15 is 0 Å². The van der Waals surface area contributed by atoms with Crippen LogP contribution in [0.25, 0.3) is 39.8 Å². The predicted octanol–water partition coefficient (Wildman–Crippen LogP) is 5.26. The molecule has 1 heterocycles. The lowest BCUT2D eigenvalue weighted by Gasteiger charge is -1.99. The number of rotatable bonds is 4. The van der Waals surface area contributed by atoms with Crippen LogP contribution in [0.1, 0.15) is 5.56 Å². The number of nitrogens with zero attached hydrogens (tertiary/aromatic N) is 1. The largest absolute Gasteiger partial charge is 0.478 e. The molecule has 4 nitrogen and oxygen atoms in total. The fraction of sp³-hybridized carbons (Fsp3) is 0. The van der Waals surface area contributed by atoms with E-state index in [9.17, 15) is 4.79 Å². The number of carbonyl (C=O) groups is 1. The summed E-state index contributed by atoms with van der Waals surface area (Å²) >= 11 is 0. The number of fused-ring (bicyclic) bond motifs is 1. The van der Waals surface area contributed by atoms with Gasteiger partial charge < -0.3 is 9.52 Å². The van der Waals surface area contributed by atoms with Crippen LogP contribution in [0, 0.1) is 0 Å². The SMILES string of the molecule is O=C(O)/C=C/c1cccc(-c2nc3cc(-c4ccccc4)ccc3o2)c1. The van der Waals surface area contributed by atoms with Crippen LogP contribution in [-0.4, -0.2) is 16.1 Å². The van der Waals surface area contributed by atoms with E-state index in [-0.39, 0.29) is 0 Å². The number of carboxylic acids is 1. The molecule has 0 aliphatic rings. The van der Waals surface area contributed by atoms with Crippen molar-refractivity contribution in [2.24, 2.45) is 0 Å². The number of oxazole rings is 1. The van der Waals surface area contributed by atoms with Gasteiger partial charge in [-0.2, -0.15) is 0 Å². The van der Waals surface area contributed by atoms with Gasteiger partial charge >= 0.3 is 5.97 Å². The molecule has 0 saturated heterocycles. The summed E-state index contributed by atoms with van der Waals surface area (Å²) in [5.74, 6) is -0.471. The van der Waals surface area contributed by atoms with Gasteiger partial charge in [-0.05, 0) is 47.0 Å². The molecule has 0 amide bonds. The molecule has 0 aliphatic heterocycles. The standard InChI is InChI=1S/C22H15NO3/c24-21(25)12-9-15-5-4-8-18(13-15)22-23-19-14-17(10-11-20(19)26-22)16-6-2-1-3-7-16/h1-14H,(H,24,25)/b12-9+. The van der Waals surface area contributed by atoms with Crippen molar-refractivity contribution in [2.75, 3.05) is 0 Å². The second-order valence-electron chi connectivity index (χ2n) is 5.86. The smallest absolute Gasteiger partial charge is 0.328 e. The monoisotopic (exact) mass is 341 g/mol. The van der Waals surface area contributed by atoms with Crippen molar-refractivity contribution in [1.82, 2.24) is 4.98 Å². The molecular formula is C22H15NO3. The number of aliphatic carboxylic acids is 1. The molecule has 4 heteroatoms. The van der Waals surface area contributed by atoms with Gasteiger partial charge in [-0.15, -0.1) is 0 Å². The molecule has 4 aromatic rings. The molecule has 126 valence electrons. The number of benzene rings is 3. The predicted molar refractivity (Wildman–Crippen MR) is 102 cm³/mol. The molecule has 0 fully saturated rings. The topological polar surface area (TPSA) is 63.3 Å². The molecule has 0 aliphatic carbocycles. The van der Waals surface area contributed by atoms with Gasteiger partial charge in [0, 0.05) is 11.6 Å². The summed E-state index contributed by atoms with van der Waals surface area (Å²) < 4.78 is 5.87. The number of hydrogen-bond donors (Lipinski definition) is 1. The zero-order valence-corrected chi connectivity index (χ0v) is 13.8. The first-order chi connectivity index (χ1) is 12.7. The van der Waals surface area contributed by atoms with Crippen molar-refractivity contribution in [3.63, 3.8) is 0 Å². The first-order valence-electron chi connectivity index (χ1n) is 8.16. The quantitative estimate of drug-likeness (QED) is 0.514. The fourth-order valence-corrected chi connectivity index (χ4v) is 2.80. The number of aromatic nitrogens is 1. The van der Waals surface area contributed by atoms with Crippen molar-refractivity contribution >= 4 is 23.1 Å². The van der Waals surface area contributed by atoms with Crippen LogP contribution in [0.4, 0.5) is 0 Å². The molecule has 1 N–H and O–H groups in total. The summed E-state index contributed by atoms with van der Waals surface area (Å²) in [6.07, 6.45) is 2.65. The summed E-state index contributed by atoms with van der Waals surface area (Å²) in [7, 11) is 0. The van der Waals surface area contributed by atoms with E-state index in [0.717, 1.165) is 33.8 Å². The molecular weight excluding hydrogens is 326 g/mol. The van der Waals surface area contributed by atoms with E-state index in [2.05, 4.69) is 17.1 Å². The van der Waals surface area contributed by atoms with Crippen molar-refractivity contribution in [3.05, 3.63) is 84.4 Å². The van der Waals surface area contributed by atoms with Crippen LogP contribution in [0.15, 0.2) is 83.3 Å². The Kier molecular flexibility index (Phi) is 4.07. The highest BCUT2D eigenvalue weighted by Gasteiger charge is 2.10. The maximum absolute atomic E-state index is 10.7. The van der Waals surface area contributed by atoms with Crippen molar-refractivity contribution in [3.8, 4) is 22.6 Å². The van der Waals surface area contributed by atoms with Gasteiger partial charge in [0.25, 0.3) is 0 Å². The average molecular weight is 341 g/mol. The Balaban J connectivity index is 1.72. The second-order valence-corrected chi connectivity index (χ2v) is 5.86. The maximum Gasteiger partial charge on any atom is 0.328 e. The third-order valence-corrected chi connectivity index (χ3v) is 4.05. The molecule has 1 aromatic heterocycles. The van der Waals surface area contributed by atoms with Crippen molar-refractivity contribution in [1.29, 1.82) is 0 Å². The van der Waals surface area contributed by atoms with E-state index in [1.165, 1.54) is 0 Å². The van der Waals surface area contributed by atoms with Gasteiger partial charge in [0.05, 0.1) is 0 Å². The number of carboxylic acid groups (broad SMARTS) is 1. The molecule has 0 spiro atoms. The molecule has 0 radical (unpaired) electrons. The minimum Gasteiger partial charge on any atom is -0.478 e. The lowest BCUT2D eigenvalue weighted by molar-refractivity contribution is -0.131. The Labute approximate surface area is 150 Å². The van der Waals surface area contributed by atoms with E-state index in [4.69, 9.17) is 9.52 Å². The third kappa shape index (κ3) is 3.26. The van der Waals surface area contributed by atoms with Crippen molar-refractivity contribution in [2.45, 2.75) is 0 Å². The summed E-state index contributed by atoms with van der Waals surface area (Å²) in [4.78, 5) is 15.3. The first kappa shape index (κ1) is 15.8. The van der Waals surface area contributed by atoms with Crippen LogP contribution >= 0.6 is 0 Å². The van der Waals surface area contributed by atoms with Gasteiger partial charge in [0.15, 0.2) is 5.58 Å². The van der Waals surface area contributed by atoms with Crippen LogP contribution in [0.2, 0.25) is 0 Å². The zero-order chi connectivity index (χ0) is 17.9. The Morgan fingerprint density at radius 3 is 2.50 bits per heavy atom. The molecule has 26 heavy (non-hydrogen) atoms. The Morgan fingerprint density at radius 1 is 0.885 bits per heavy atom. The zero-order valence-electron chi connectivity index (χ0n) is 13.8. The Bertz CT molecular complexity index is 1110. The van der Waals surface area contributed by atoms with Crippen LogP contribution in [0.5, 0.6) is 0 Å². The van der Waals surface area contributed by atoms with Gasteiger partial charge in [0.2, 0.25) is 5.89 Å². The average Bonchev–Trinajstić information content (AvgIpc) is 3.11. The van der Waals surface area contributed by atoms with Crippen LogP contribution < -0.4 is 0 Å². The fourth-order valence-electron chi connectivity index (χ4n) is 2.80. The van der Waals surface area contributed by atoms with E-state index < -0.39 is 5.97 Å². The molecule has 0 unspecified atom stereocenters.